The monoisotopic (exact) mass is 505 g/mol. The molecule has 1 aliphatic heterocycles. The van der Waals surface area contributed by atoms with Crippen LogP contribution in [0.1, 0.15) is 36.7 Å². The molecular weight excluding hydrogens is 476 g/mol. The van der Waals surface area contributed by atoms with Crippen LogP contribution in [0.3, 0.4) is 0 Å². The first kappa shape index (κ1) is 24.7. The first-order valence-electron chi connectivity index (χ1n) is 12.5. The normalized spacial score (nSPS) is 14.2. The summed E-state index contributed by atoms with van der Waals surface area (Å²) in [6.07, 6.45) is 6.78. The Morgan fingerprint density at radius 2 is 1.70 bits per heavy atom. The number of aromatic nitrogens is 6. The van der Waals surface area contributed by atoms with Crippen molar-refractivity contribution in [3.63, 3.8) is 0 Å². The fraction of sp³-hybridized carbons (Fsp3) is 0.370. The molecule has 4 aromatic rings. The van der Waals surface area contributed by atoms with Gasteiger partial charge >= 0.3 is 0 Å². The van der Waals surface area contributed by atoms with Crippen molar-refractivity contribution in [1.82, 2.24) is 30.2 Å². The van der Waals surface area contributed by atoms with Crippen LogP contribution in [-0.4, -0.2) is 49.9 Å². The molecule has 10 heteroatoms. The maximum atomic E-state index is 14.9. The maximum Gasteiger partial charge on any atom is 0.225 e. The Bertz CT molecular complexity index is 1330. The number of hydrogen-bond donors (Lipinski definition) is 0. The van der Waals surface area contributed by atoms with Crippen LogP contribution >= 0.6 is 0 Å². The Labute approximate surface area is 214 Å². The van der Waals surface area contributed by atoms with Crippen molar-refractivity contribution < 1.29 is 13.5 Å². The quantitative estimate of drug-likeness (QED) is 0.351. The van der Waals surface area contributed by atoms with Gasteiger partial charge in [-0.1, -0.05) is 31.2 Å². The van der Waals surface area contributed by atoms with Gasteiger partial charge in [-0.2, -0.15) is 4.80 Å². The number of tetrazole rings is 1. The van der Waals surface area contributed by atoms with E-state index in [4.69, 9.17) is 4.74 Å². The average molecular weight is 506 g/mol. The van der Waals surface area contributed by atoms with Gasteiger partial charge in [-0.15, -0.1) is 10.2 Å². The minimum absolute atomic E-state index is 0.205. The fourth-order valence-corrected chi connectivity index (χ4v) is 4.50. The third-order valence-corrected chi connectivity index (χ3v) is 6.63. The molecule has 8 nitrogen and oxygen atoms in total. The molecule has 0 spiro atoms. The molecule has 0 saturated carbocycles. The number of nitrogens with zero attached hydrogens (tertiary/aromatic N) is 7. The Morgan fingerprint density at radius 3 is 2.35 bits per heavy atom. The molecule has 2 aromatic carbocycles. The second kappa shape index (κ2) is 11.0. The van der Waals surface area contributed by atoms with Crippen LogP contribution in [0.25, 0.3) is 11.1 Å². The summed E-state index contributed by atoms with van der Waals surface area (Å²) in [6.45, 7) is 3.90. The number of anilines is 1. The fourth-order valence-electron chi connectivity index (χ4n) is 4.50. The van der Waals surface area contributed by atoms with Gasteiger partial charge in [0.15, 0.2) is 23.2 Å². The summed E-state index contributed by atoms with van der Waals surface area (Å²) in [5.41, 5.74) is 3.17. The van der Waals surface area contributed by atoms with Gasteiger partial charge in [-0.25, -0.2) is 18.7 Å². The van der Waals surface area contributed by atoms with Crippen molar-refractivity contribution in [2.24, 2.45) is 13.0 Å². The minimum atomic E-state index is -0.710. The summed E-state index contributed by atoms with van der Waals surface area (Å²) in [7, 11) is 1.70. The molecule has 2 aromatic heterocycles. The molecule has 37 heavy (non-hydrogen) atoms. The summed E-state index contributed by atoms with van der Waals surface area (Å²) in [5, 5.41) is 12.0. The van der Waals surface area contributed by atoms with Gasteiger partial charge in [0, 0.05) is 31.9 Å². The lowest BCUT2D eigenvalue weighted by molar-refractivity contribution is 0.207. The summed E-state index contributed by atoms with van der Waals surface area (Å²) in [6, 6.07) is 10.1. The Kier molecular flexibility index (Phi) is 7.34. The minimum Gasteiger partial charge on any atom is -0.487 e. The molecule has 3 heterocycles. The van der Waals surface area contributed by atoms with E-state index in [0.29, 0.717) is 23.4 Å². The highest BCUT2D eigenvalue weighted by molar-refractivity contribution is 5.65. The molecule has 192 valence electrons. The molecule has 0 unspecified atom stereocenters. The molecule has 1 fully saturated rings. The zero-order valence-electron chi connectivity index (χ0n) is 20.9. The van der Waals surface area contributed by atoms with Crippen molar-refractivity contribution in [2.45, 2.75) is 32.6 Å². The van der Waals surface area contributed by atoms with E-state index < -0.39 is 11.6 Å². The third kappa shape index (κ3) is 5.90. The van der Waals surface area contributed by atoms with E-state index in [0.717, 1.165) is 49.4 Å². The van der Waals surface area contributed by atoms with Crippen LogP contribution < -0.4 is 9.64 Å². The second-order valence-electron chi connectivity index (χ2n) is 9.33. The molecule has 0 amide bonds. The highest BCUT2D eigenvalue weighted by atomic mass is 19.1. The second-order valence-corrected chi connectivity index (χ2v) is 9.33. The summed E-state index contributed by atoms with van der Waals surface area (Å²) in [4.78, 5) is 12.4. The number of hydrogen-bond acceptors (Lipinski definition) is 7. The van der Waals surface area contributed by atoms with Gasteiger partial charge in [0.25, 0.3) is 0 Å². The third-order valence-electron chi connectivity index (χ3n) is 6.63. The number of halogens is 2. The molecule has 0 atom stereocenters. The van der Waals surface area contributed by atoms with Crippen molar-refractivity contribution >= 4 is 5.95 Å². The van der Waals surface area contributed by atoms with Gasteiger partial charge in [0.2, 0.25) is 5.95 Å². The van der Waals surface area contributed by atoms with E-state index in [1.54, 1.807) is 7.05 Å². The van der Waals surface area contributed by atoms with Crippen molar-refractivity contribution in [3.8, 4) is 16.9 Å². The van der Waals surface area contributed by atoms with E-state index in [-0.39, 0.29) is 18.3 Å². The predicted molar refractivity (Wildman–Crippen MR) is 135 cm³/mol. The lowest BCUT2D eigenvalue weighted by atomic mass is 9.98. The Hall–Kier alpha value is -3.95. The molecular formula is C27H29F2N7O. The van der Waals surface area contributed by atoms with Crippen LogP contribution in [-0.2, 0) is 19.9 Å². The Balaban J connectivity index is 1.20. The standard InChI is InChI=1S/C27H29F2N7O/c1-3-18-15-30-27(31-16-18)36-9-7-19(8-10-36)17-37-26-23(28)13-22(14-24(26)29)21-6-4-5-20(11-21)12-25-32-34-35(2)33-25/h4-6,11,13-16,19H,3,7-10,12,17H2,1-2H3. The zero-order valence-corrected chi connectivity index (χ0v) is 20.9. The zero-order chi connectivity index (χ0) is 25.8. The highest BCUT2D eigenvalue weighted by Crippen LogP contribution is 2.31. The van der Waals surface area contributed by atoms with Gasteiger partial charge in [-0.05, 0) is 64.8 Å². The lowest BCUT2D eigenvalue weighted by Crippen LogP contribution is -2.36. The van der Waals surface area contributed by atoms with Crippen LogP contribution in [0.5, 0.6) is 5.75 Å². The van der Waals surface area contributed by atoms with Crippen LogP contribution in [0, 0.1) is 17.6 Å². The van der Waals surface area contributed by atoms with E-state index in [2.05, 4.69) is 37.2 Å². The van der Waals surface area contributed by atoms with E-state index in [1.807, 2.05) is 36.7 Å². The van der Waals surface area contributed by atoms with E-state index >= 15 is 0 Å². The maximum absolute atomic E-state index is 14.9. The molecule has 0 bridgehead atoms. The number of benzene rings is 2. The molecule has 1 aliphatic rings. The molecule has 1 saturated heterocycles. The van der Waals surface area contributed by atoms with Gasteiger partial charge in [-0.3, -0.25) is 0 Å². The van der Waals surface area contributed by atoms with E-state index in [9.17, 15) is 8.78 Å². The first-order chi connectivity index (χ1) is 18.0. The average Bonchev–Trinajstić information content (AvgIpc) is 3.33. The highest BCUT2D eigenvalue weighted by Gasteiger charge is 2.23. The van der Waals surface area contributed by atoms with Gasteiger partial charge < -0.3 is 9.64 Å². The number of aryl methyl sites for hydroxylation is 2. The molecule has 5 rings (SSSR count). The largest absolute Gasteiger partial charge is 0.487 e. The van der Waals surface area contributed by atoms with Crippen LogP contribution in [0.4, 0.5) is 14.7 Å². The van der Waals surface area contributed by atoms with Crippen molar-refractivity contribution in [1.29, 1.82) is 0 Å². The topological polar surface area (TPSA) is 81.9 Å². The molecule has 0 N–H and O–H groups in total. The SMILES string of the molecule is CCc1cnc(N2CCC(COc3c(F)cc(-c4cccc(Cc5nnn(C)n5)c4)cc3F)CC2)nc1. The number of ether oxygens (including phenoxy) is 1. The first-order valence-corrected chi connectivity index (χ1v) is 12.5. The van der Waals surface area contributed by atoms with E-state index in [1.165, 1.54) is 16.9 Å². The van der Waals surface area contributed by atoms with Crippen molar-refractivity contribution in [2.75, 3.05) is 24.6 Å². The van der Waals surface area contributed by atoms with Gasteiger partial charge in [0.05, 0.1) is 13.7 Å². The smallest absolute Gasteiger partial charge is 0.225 e. The molecule has 0 aliphatic carbocycles. The summed E-state index contributed by atoms with van der Waals surface area (Å²) in [5.74, 6) is -0.244. The van der Waals surface area contributed by atoms with Crippen molar-refractivity contribution in [3.05, 3.63) is 77.4 Å². The summed E-state index contributed by atoms with van der Waals surface area (Å²) < 4.78 is 35.5. The lowest BCUT2D eigenvalue weighted by Gasteiger charge is -2.31. The number of rotatable bonds is 8. The Morgan fingerprint density at radius 1 is 0.973 bits per heavy atom. The van der Waals surface area contributed by atoms with Crippen LogP contribution in [0.2, 0.25) is 0 Å². The van der Waals surface area contributed by atoms with Crippen LogP contribution in [0.15, 0.2) is 48.8 Å². The van der Waals surface area contributed by atoms with Gasteiger partial charge in [0.1, 0.15) is 0 Å². The summed E-state index contributed by atoms with van der Waals surface area (Å²) >= 11 is 0. The molecule has 0 radical (unpaired) electrons. The number of piperidine rings is 1. The predicted octanol–water partition coefficient (Wildman–Crippen LogP) is 4.39.